The van der Waals surface area contributed by atoms with Crippen molar-refractivity contribution in [2.24, 2.45) is 0 Å². The van der Waals surface area contributed by atoms with E-state index in [1.807, 2.05) is 25.1 Å². The van der Waals surface area contributed by atoms with E-state index >= 15 is 0 Å². The molecule has 1 aliphatic carbocycles. The van der Waals surface area contributed by atoms with E-state index in [2.05, 4.69) is 15.5 Å². The maximum atomic E-state index is 13.0. The second kappa shape index (κ2) is 11.9. The minimum atomic E-state index is -4.57. The van der Waals surface area contributed by atoms with Crippen LogP contribution >= 0.6 is 0 Å². The molecule has 2 atom stereocenters. The Hall–Kier alpha value is -3.35. The zero-order chi connectivity index (χ0) is 29.2. The summed E-state index contributed by atoms with van der Waals surface area (Å²) in [5, 5.41) is 16.7. The number of carbonyl (C=O) groups excluding carboxylic acids is 2. The molecular formula is C29H34F3N3O6. The highest BCUT2D eigenvalue weighted by Crippen LogP contribution is 2.43. The lowest BCUT2D eigenvalue weighted by Crippen LogP contribution is -2.48. The Bertz CT molecular complexity index is 1260. The number of benzene rings is 2. The Kier molecular flexibility index (Phi) is 8.44. The lowest BCUT2D eigenvalue weighted by Gasteiger charge is -2.40. The molecule has 2 aliphatic heterocycles. The monoisotopic (exact) mass is 577 g/mol. The number of alkyl halides is 3. The van der Waals surface area contributed by atoms with Crippen LogP contribution in [0.25, 0.3) is 0 Å². The van der Waals surface area contributed by atoms with Gasteiger partial charge in [0.05, 0.1) is 29.9 Å². The van der Waals surface area contributed by atoms with Crippen LogP contribution in [0.2, 0.25) is 0 Å². The summed E-state index contributed by atoms with van der Waals surface area (Å²) >= 11 is 0. The molecule has 5 rings (SSSR count). The normalized spacial score (nSPS) is 26.1. The summed E-state index contributed by atoms with van der Waals surface area (Å²) in [5.41, 5.74) is -1.25. The molecule has 3 N–H and O–H groups in total. The van der Waals surface area contributed by atoms with E-state index in [-0.39, 0.29) is 37.1 Å². The summed E-state index contributed by atoms with van der Waals surface area (Å²) in [6.07, 6.45) is -2.15. The van der Waals surface area contributed by atoms with E-state index < -0.39 is 29.2 Å². The van der Waals surface area contributed by atoms with Gasteiger partial charge in [-0.1, -0.05) is 12.1 Å². The Labute approximate surface area is 235 Å². The summed E-state index contributed by atoms with van der Waals surface area (Å²) < 4.78 is 55.6. The van der Waals surface area contributed by atoms with Crippen LogP contribution in [0.1, 0.15) is 54.1 Å². The third kappa shape index (κ3) is 6.60. The van der Waals surface area contributed by atoms with E-state index in [1.165, 1.54) is 6.07 Å². The lowest BCUT2D eigenvalue weighted by molar-refractivity contribution is -0.137. The molecule has 9 nitrogen and oxygen atoms in total. The Morgan fingerprint density at radius 2 is 1.85 bits per heavy atom. The molecule has 3 aliphatic rings. The van der Waals surface area contributed by atoms with Gasteiger partial charge in [-0.2, -0.15) is 13.2 Å². The fourth-order valence-corrected chi connectivity index (χ4v) is 5.90. The number of amides is 2. The van der Waals surface area contributed by atoms with Crippen LogP contribution in [-0.4, -0.2) is 73.0 Å². The van der Waals surface area contributed by atoms with Crippen LogP contribution in [0.5, 0.6) is 11.5 Å². The number of rotatable bonds is 8. The van der Waals surface area contributed by atoms with Gasteiger partial charge in [0.25, 0.3) is 5.91 Å². The van der Waals surface area contributed by atoms with Gasteiger partial charge in [0.1, 0.15) is 0 Å². The molecule has 1 saturated heterocycles. The number of aliphatic hydroxyl groups is 1. The standard InChI is InChI=1S/C29H34F3N3O6/c1-2-39-25-16-35(21-8-10-28(38,11-9-21)19-6-7-23-24(13-19)41-17-40-23)15-22(25)34-26(36)14-33-27(37)18-4-3-5-20(12-18)29(30,31)32/h3-7,12-13,21-22,25,38H,2,8-11,14-17H2,1H3,(H,33,37)(H,34,36)/t21?,22-,25-,28?/m1/s1. The lowest BCUT2D eigenvalue weighted by atomic mass is 9.77. The first kappa shape index (κ1) is 29.2. The average molecular weight is 578 g/mol. The zero-order valence-electron chi connectivity index (χ0n) is 22.7. The van der Waals surface area contributed by atoms with Crippen LogP contribution in [0.4, 0.5) is 13.2 Å². The molecule has 0 aromatic heterocycles. The van der Waals surface area contributed by atoms with Gasteiger partial charge in [0.15, 0.2) is 11.5 Å². The van der Waals surface area contributed by atoms with E-state index in [0.717, 1.165) is 36.6 Å². The largest absolute Gasteiger partial charge is 0.454 e. The summed E-state index contributed by atoms with van der Waals surface area (Å²) in [4.78, 5) is 27.3. The number of halogens is 3. The fraction of sp³-hybridized carbons (Fsp3) is 0.517. The van der Waals surface area contributed by atoms with Crippen molar-refractivity contribution in [1.82, 2.24) is 15.5 Å². The van der Waals surface area contributed by atoms with Gasteiger partial charge in [-0.3, -0.25) is 14.5 Å². The minimum absolute atomic E-state index is 0.176. The first-order chi connectivity index (χ1) is 19.6. The van der Waals surface area contributed by atoms with E-state index in [9.17, 15) is 27.9 Å². The van der Waals surface area contributed by atoms with Gasteiger partial charge in [-0.05, 0) is 68.5 Å². The van der Waals surface area contributed by atoms with Crippen molar-refractivity contribution >= 4 is 11.8 Å². The molecule has 2 fully saturated rings. The number of likely N-dealkylation sites (tertiary alicyclic amines) is 1. The molecular weight excluding hydrogens is 543 g/mol. The van der Waals surface area contributed by atoms with Gasteiger partial charge < -0.3 is 30.0 Å². The molecule has 0 radical (unpaired) electrons. The number of carbonyl (C=O) groups is 2. The summed E-state index contributed by atoms with van der Waals surface area (Å²) in [6.45, 7) is 3.30. The maximum Gasteiger partial charge on any atom is 0.416 e. The van der Waals surface area contributed by atoms with Gasteiger partial charge in [0.2, 0.25) is 12.7 Å². The molecule has 0 bridgehead atoms. The molecule has 2 heterocycles. The van der Waals surface area contributed by atoms with Gasteiger partial charge in [-0.15, -0.1) is 0 Å². The molecule has 0 spiro atoms. The fourth-order valence-electron chi connectivity index (χ4n) is 5.90. The molecule has 2 amide bonds. The van der Waals surface area contributed by atoms with Crippen molar-refractivity contribution in [2.45, 2.75) is 62.6 Å². The van der Waals surface area contributed by atoms with Crippen molar-refractivity contribution in [3.8, 4) is 11.5 Å². The maximum absolute atomic E-state index is 13.0. The minimum Gasteiger partial charge on any atom is -0.454 e. The SMILES string of the molecule is CCO[C@@H]1CN(C2CCC(O)(c3ccc4c(c3)OCO4)CC2)C[C@H]1NC(=O)CNC(=O)c1cccc(C(F)(F)F)c1. The van der Waals surface area contributed by atoms with Crippen molar-refractivity contribution in [3.05, 3.63) is 59.2 Å². The Morgan fingerprint density at radius 3 is 2.59 bits per heavy atom. The molecule has 0 unspecified atom stereocenters. The predicted octanol–water partition coefficient (Wildman–Crippen LogP) is 3.20. The molecule has 12 heteroatoms. The highest BCUT2D eigenvalue weighted by atomic mass is 19.4. The predicted molar refractivity (Wildman–Crippen MR) is 141 cm³/mol. The quantitative estimate of drug-likeness (QED) is 0.442. The third-order valence-corrected chi connectivity index (χ3v) is 8.09. The number of nitrogens with zero attached hydrogens (tertiary/aromatic N) is 1. The van der Waals surface area contributed by atoms with Crippen LogP contribution in [-0.2, 0) is 21.3 Å². The first-order valence-electron chi connectivity index (χ1n) is 13.8. The Morgan fingerprint density at radius 1 is 1.10 bits per heavy atom. The topological polar surface area (TPSA) is 109 Å². The van der Waals surface area contributed by atoms with E-state index in [1.54, 1.807) is 0 Å². The van der Waals surface area contributed by atoms with Crippen LogP contribution < -0.4 is 20.1 Å². The summed E-state index contributed by atoms with van der Waals surface area (Å²) in [7, 11) is 0. The first-order valence-corrected chi connectivity index (χ1v) is 13.8. The van der Waals surface area contributed by atoms with Crippen molar-refractivity contribution < 1.29 is 42.1 Å². The van der Waals surface area contributed by atoms with Crippen LogP contribution in [0.15, 0.2) is 42.5 Å². The van der Waals surface area contributed by atoms with E-state index in [0.29, 0.717) is 44.0 Å². The number of nitrogens with one attached hydrogen (secondary N) is 2. The van der Waals surface area contributed by atoms with Crippen LogP contribution in [0.3, 0.4) is 0 Å². The Balaban J connectivity index is 1.14. The van der Waals surface area contributed by atoms with Crippen LogP contribution in [0, 0.1) is 0 Å². The van der Waals surface area contributed by atoms with Gasteiger partial charge in [0, 0.05) is 31.3 Å². The van der Waals surface area contributed by atoms with Gasteiger partial charge >= 0.3 is 6.18 Å². The number of hydrogen-bond acceptors (Lipinski definition) is 7. The molecule has 41 heavy (non-hydrogen) atoms. The van der Waals surface area contributed by atoms with Crippen molar-refractivity contribution in [3.63, 3.8) is 0 Å². The van der Waals surface area contributed by atoms with E-state index in [4.69, 9.17) is 14.2 Å². The number of hydrogen-bond donors (Lipinski definition) is 3. The highest BCUT2D eigenvalue weighted by molar-refractivity contribution is 5.96. The average Bonchev–Trinajstić information content (AvgIpc) is 3.58. The molecule has 1 saturated carbocycles. The molecule has 2 aromatic rings. The van der Waals surface area contributed by atoms with Crippen molar-refractivity contribution in [2.75, 3.05) is 33.0 Å². The zero-order valence-corrected chi connectivity index (χ0v) is 22.7. The summed E-state index contributed by atoms with van der Waals surface area (Å²) in [5.74, 6) is 0.0932. The number of ether oxygens (including phenoxy) is 3. The van der Waals surface area contributed by atoms with Gasteiger partial charge in [-0.25, -0.2) is 0 Å². The second-order valence-electron chi connectivity index (χ2n) is 10.7. The molecule has 2 aromatic carbocycles. The summed E-state index contributed by atoms with van der Waals surface area (Å²) in [6, 6.07) is 9.49. The van der Waals surface area contributed by atoms with Crippen molar-refractivity contribution in [1.29, 1.82) is 0 Å². The molecule has 222 valence electrons. The number of fused-ring (bicyclic) bond motifs is 1. The highest BCUT2D eigenvalue weighted by Gasteiger charge is 2.42. The second-order valence-corrected chi connectivity index (χ2v) is 10.7. The third-order valence-electron chi connectivity index (χ3n) is 8.09. The smallest absolute Gasteiger partial charge is 0.416 e.